The number of hydrogen-bond acceptors (Lipinski definition) is 2. The van der Waals surface area contributed by atoms with E-state index in [0.29, 0.717) is 4.47 Å². The first-order chi connectivity index (χ1) is 8.72. The van der Waals surface area contributed by atoms with Crippen LogP contribution < -0.4 is 4.72 Å². The third kappa shape index (κ3) is 3.17. The van der Waals surface area contributed by atoms with Gasteiger partial charge in [-0.3, -0.25) is 0 Å². The second-order valence-corrected chi connectivity index (χ2v) is 8.23. The molecule has 0 aromatic heterocycles. The molecule has 106 valence electrons. The number of sulfonamides is 1. The number of rotatable bonds is 3. The Balaban J connectivity index is 2.28. The Hall–Kier alpha value is -0.460. The van der Waals surface area contributed by atoms with Gasteiger partial charge in [0.25, 0.3) is 0 Å². The summed E-state index contributed by atoms with van der Waals surface area (Å²) in [6.45, 7) is 4.07. The number of nitrogens with one attached hydrogen (secondary N) is 1. The zero-order chi connectivity index (χ0) is 14.3. The zero-order valence-corrected chi connectivity index (χ0v) is 13.3. The number of benzene rings is 1. The van der Waals surface area contributed by atoms with Crippen molar-refractivity contribution >= 4 is 26.0 Å². The zero-order valence-electron chi connectivity index (χ0n) is 10.9. The summed E-state index contributed by atoms with van der Waals surface area (Å²) in [6.07, 6.45) is 2.76. The quantitative estimate of drug-likeness (QED) is 0.908. The van der Waals surface area contributed by atoms with Crippen LogP contribution in [0.3, 0.4) is 0 Å². The van der Waals surface area contributed by atoms with Crippen molar-refractivity contribution in [2.45, 2.75) is 44.0 Å². The number of hydrogen-bond donors (Lipinski definition) is 1. The van der Waals surface area contributed by atoms with E-state index in [0.717, 1.165) is 25.3 Å². The highest BCUT2D eigenvalue weighted by atomic mass is 79.9. The Morgan fingerprint density at radius 1 is 1.42 bits per heavy atom. The smallest absolute Gasteiger partial charge is 0.207 e. The Kier molecular flexibility index (Phi) is 4.05. The third-order valence-corrected chi connectivity index (χ3v) is 5.74. The monoisotopic (exact) mass is 349 g/mol. The summed E-state index contributed by atoms with van der Waals surface area (Å²) in [5, 5.41) is 0. The highest BCUT2D eigenvalue weighted by molar-refractivity contribution is 9.10. The van der Waals surface area contributed by atoms with Gasteiger partial charge < -0.3 is 0 Å². The summed E-state index contributed by atoms with van der Waals surface area (Å²) < 4.78 is 41.4. The lowest BCUT2D eigenvalue weighted by atomic mass is 9.88. The molecule has 0 radical (unpaired) electrons. The van der Waals surface area contributed by atoms with Crippen LogP contribution in [0.25, 0.3) is 0 Å². The lowest BCUT2D eigenvalue weighted by Crippen LogP contribution is -2.41. The lowest BCUT2D eigenvalue weighted by Gasteiger charge is -2.27. The maximum absolute atomic E-state index is 13.8. The first-order valence-corrected chi connectivity index (χ1v) is 8.47. The van der Waals surface area contributed by atoms with E-state index in [1.54, 1.807) is 0 Å². The Morgan fingerprint density at radius 2 is 2.11 bits per heavy atom. The van der Waals surface area contributed by atoms with Gasteiger partial charge in [-0.2, -0.15) is 0 Å². The highest BCUT2D eigenvalue weighted by Gasteiger charge is 2.37. The predicted molar refractivity (Wildman–Crippen MR) is 75.8 cm³/mol. The van der Waals surface area contributed by atoms with Gasteiger partial charge in [-0.05, 0) is 36.5 Å². The molecule has 1 aromatic rings. The summed E-state index contributed by atoms with van der Waals surface area (Å²) in [5.41, 5.74) is -0.0844. The Morgan fingerprint density at radius 3 is 2.63 bits per heavy atom. The molecule has 19 heavy (non-hydrogen) atoms. The molecule has 1 aromatic carbocycles. The van der Waals surface area contributed by atoms with Crippen LogP contribution in [0.2, 0.25) is 0 Å². The van der Waals surface area contributed by atoms with Crippen molar-refractivity contribution in [1.29, 1.82) is 0 Å². The molecule has 0 amide bonds. The Labute approximate surface area is 121 Å². The fraction of sp³-hybridized carbons (Fsp3) is 0.538. The van der Waals surface area contributed by atoms with Crippen molar-refractivity contribution < 1.29 is 12.8 Å². The Bertz CT molecular complexity index is 586. The van der Waals surface area contributed by atoms with Crippen molar-refractivity contribution in [1.82, 2.24) is 4.72 Å². The molecule has 1 N–H and O–H groups in total. The van der Waals surface area contributed by atoms with Crippen LogP contribution >= 0.6 is 15.9 Å². The van der Waals surface area contributed by atoms with Gasteiger partial charge in [0.2, 0.25) is 10.0 Å². The maximum atomic E-state index is 13.8. The van der Waals surface area contributed by atoms with Crippen LogP contribution in [-0.2, 0) is 10.0 Å². The molecule has 1 fully saturated rings. The molecule has 1 saturated carbocycles. The van der Waals surface area contributed by atoms with Gasteiger partial charge in [0.05, 0.1) is 0 Å². The van der Waals surface area contributed by atoms with Crippen molar-refractivity contribution in [2.75, 3.05) is 0 Å². The van der Waals surface area contributed by atoms with Gasteiger partial charge in [0.1, 0.15) is 10.7 Å². The second-order valence-electron chi connectivity index (χ2n) is 5.63. The average Bonchev–Trinajstić information content (AvgIpc) is 2.56. The van der Waals surface area contributed by atoms with Crippen LogP contribution in [0, 0.1) is 11.2 Å². The fourth-order valence-corrected chi connectivity index (χ4v) is 4.32. The minimum atomic E-state index is -3.81. The molecule has 0 saturated heterocycles. The van der Waals surface area contributed by atoms with Gasteiger partial charge in [-0.1, -0.05) is 36.2 Å². The maximum Gasteiger partial charge on any atom is 0.243 e. The molecular weight excluding hydrogens is 333 g/mol. The summed E-state index contributed by atoms with van der Waals surface area (Å²) in [5.74, 6) is -0.738. The molecule has 0 bridgehead atoms. The molecule has 3 nitrogen and oxygen atoms in total. The average molecular weight is 350 g/mol. The summed E-state index contributed by atoms with van der Waals surface area (Å²) in [4.78, 5) is -0.293. The van der Waals surface area contributed by atoms with E-state index >= 15 is 0 Å². The standard InChI is InChI=1S/C13H17BrFNO2S/c1-13(2)7-3-4-12(13)16-19(17,18)11-6-5-9(14)8-10(11)15/h5-6,8,12,16H,3-4,7H2,1-2H3. The van der Waals surface area contributed by atoms with E-state index in [1.165, 1.54) is 12.1 Å². The van der Waals surface area contributed by atoms with E-state index in [9.17, 15) is 12.8 Å². The molecule has 1 aliphatic rings. The van der Waals surface area contributed by atoms with Crippen LogP contribution in [0.4, 0.5) is 4.39 Å². The fourth-order valence-electron chi connectivity index (χ4n) is 2.49. The van der Waals surface area contributed by atoms with Crippen molar-refractivity contribution in [2.24, 2.45) is 5.41 Å². The van der Waals surface area contributed by atoms with Crippen molar-refractivity contribution in [3.63, 3.8) is 0 Å². The van der Waals surface area contributed by atoms with Gasteiger partial charge in [-0.25, -0.2) is 17.5 Å². The first kappa shape index (κ1) is 14.9. The second kappa shape index (κ2) is 5.14. The van der Waals surface area contributed by atoms with Crippen molar-refractivity contribution in [3.8, 4) is 0 Å². The lowest BCUT2D eigenvalue weighted by molar-refractivity contribution is 0.312. The molecule has 1 unspecified atom stereocenters. The minimum Gasteiger partial charge on any atom is -0.207 e. The largest absolute Gasteiger partial charge is 0.243 e. The normalized spacial score (nSPS) is 22.6. The van der Waals surface area contributed by atoms with Crippen LogP contribution in [-0.4, -0.2) is 14.5 Å². The molecule has 0 heterocycles. The molecular formula is C13H17BrFNO2S. The molecule has 1 atom stereocenters. The molecule has 6 heteroatoms. The summed E-state index contributed by atoms with van der Waals surface area (Å²) in [6, 6.07) is 3.83. The van der Waals surface area contributed by atoms with E-state index < -0.39 is 15.8 Å². The third-order valence-electron chi connectivity index (χ3n) is 3.74. The van der Waals surface area contributed by atoms with Gasteiger partial charge >= 0.3 is 0 Å². The minimum absolute atomic E-state index is 0.0844. The van der Waals surface area contributed by atoms with Crippen LogP contribution in [0.15, 0.2) is 27.6 Å². The van der Waals surface area contributed by atoms with Gasteiger partial charge in [0.15, 0.2) is 0 Å². The molecule has 0 aliphatic heterocycles. The summed E-state index contributed by atoms with van der Waals surface area (Å²) >= 11 is 3.11. The molecule has 1 aliphatic carbocycles. The SMILES string of the molecule is CC1(C)CCCC1NS(=O)(=O)c1ccc(Br)cc1F. The van der Waals surface area contributed by atoms with E-state index in [1.807, 2.05) is 13.8 Å². The highest BCUT2D eigenvalue weighted by Crippen LogP contribution is 2.38. The topological polar surface area (TPSA) is 46.2 Å². The van der Waals surface area contributed by atoms with Gasteiger partial charge in [-0.15, -0.1) is 0 Å². The van der Waals surface area contributed by atoms with E-state index in [4.69, 9.17) is 0 Å². The van der Waals surface area contributed by atoms with Crippen molar-refractivity contribution in [3.05, 3.63) is 28.5 Å². The predicted octanol–water partition coefficient (Wildman–Crippen LogP) is 3.45. The van der Waals surface area contributed by atoms with Gasteiger partial charge in [0, 0.05) is 10.5 Å². The van der Waals surface area contributed by atoms with E-state index in [-0.39, 0.29) is 16.4 Å². The number of halogens is 2. The van der Waals surface area contributed by atoms with E-state index in [2.05, 4.69) is 20.7 Å². The van der Waals surface area contributed by atoms with Crippen LogP contribution in [0.1, 0.15) is 33.1 Å². The summed E-state index contributed by atoms with van der Waals surface area (Å²) in [7, 11) is -3.81. The molecule has 2 rings (SSSR count). The van der Waals surface area contributed by atoms with Crippen LogP contribution in [0.5, 0.6) is 0 Å². The first-order valence-electron chi connectivity index (χ1n) is 6.20. The molecule has 0 spiro atoms.